The van der Waals surface area contributed by atoms with E-state index in [2.05, 4.69) is 4.98 Å². The van der Waals surface area contributed by atoms with Crippen LogP contribution in [0.5, 0.6) is 0 Å². The molecule has 0 amide bonds. The Hall–Kier alpha value is -0.550. The Morgan fingerprint density at radius 3 is 2.64 bits per heavy atom. The molecule has 0 saturated carbocycles. The molecule has 1 heterocycles. The van der Waals surface area contributed by atoms with Gasteiger partial charge in [-0.15, -0.1) is 11.3 Å². The summed E-state index contributed by atoms with van der Waals surface area (Å²) < 4.78 is 0.119. The van der Waals surface area contributed by atoms with Crippen LogP contribution < -0.4 is 0 Å². The number of aromatic nitrogens is 1. The van der Waals surface area contributed by atoms with Crippen molar-refractivity contribution in [1.29, 1.82) is 0 Å². The number of rotatable bonds is 5. The van der Waals surface area contributed by atoms with Gasteiger partial charge in [0, 0.05) is 11.6 Å². The second kappa shape index (κ2) is 4.79. The van der Waals surface area contributed by atoms with E-state index in [0.717, 1.165) is 4.34 Å². The molecule has 0 atom stereocenters. The highest BCUT2D eigenvalue weighted by molar-refractivity contribution is 8.03. The van der Waals surface area contributed by atoms with Crippen LogP contribution in [0, 0.1) is 0 Å². The highest BCUT2D eigenvalue weighted by atomic mass is 32.2. The number of hydrogen-bond donors (Lipinski definition) is 1. The van der Waals surface area contributed by atoms with Gasteiger partial charge in [-0.1, -0.05) is 25.6 Å². The average molecular weight is 231 g/mol. The predicted molar refractivity (Wildman–Crippen MR) is 58.9 cm³/mol. The maximum atomic E-state index is 11.2. The van der Waals surface area contributed by atoms with E-state index in [1.165, 1.54) is 23.1 Å². The second-order valence-electron chi connectivity index (χ2n) is 2.91. The number of carboxylic acid groups (broad SMARTS) is 1. The van der Waals surface area contributed by atoms with Crippen LogP contribution in [0.4, 0.5) is 0 Å². The van der Waals surface area contributed by atoms with Crippen molar-refractivity contribution in [3.8, 4) is 0 Å². The zero-order chi connectivity index (χ0) is 10.6. The van der Waals surface area contributed by atoms with E-state index in [0.29, 0.717) is 12.8 Å². The van der Waals surface area contributed by atoms with E-state index in [9.17, 15) is 9.90 Å². The van der Waals surface area contributed by atoms with Gasteiger partial charge >= 0.3 is 5.97 Å². The van der Waals surface area contributed by atoms with Crippen LogP contribution in [-0.4, -0.2) is 20.8 Å². The first-order chi connectivity index (χ1) is 6.64. The monoisotopic (exact) mass is 231 g/mol. The molecule has 0 aliphatic carbocycles. The quantitative estimate of drug-likeness (QED) is 0.792. The zero-order valence-electron chi connectivity index (χ0n) is 8.19. The van der Waals surface area contributed by atoms with Crippen LogP contribution >= 0.6 is 23.1 Å². The molecule has 1 aromatic rings. The molecule has 1 rings (SSSR count). The minimum Gasteiger partial charge on any atom is -0.480 e. The van der Waals surface area contributed by atoms with Gasteiger partial charge in [-0.05, 0) is 12.8 Å². The standard InChI is InChI=1S/C9H13NO2S2/c1-3-9(4-2,7(11)12)14-8-10-5-6-13-8/h5-6H,3-4H2,1-2H3,(H,11,12). The SMILES string of the molecule is CCC(CC)(Sc1nccs1)C(=O)O. The lowest BCUT2D eigenvalue weighted by Gasteiger charge is -2.24. The summed E-state index contributed by atoms with van der Waals surface area (Å²) in [5.41, 5.74) is 0. The van der Waals surface area contributed by atoms with Gasteiger partial charge in [0.2, 0.25) is 0 Å². The van der Waals surface area contributed by atoms with E-state index in [1.807, 2.05) is 19.2 Å². The lowest BCUT2D eigenvalue weighted by molar-refractivity contribution is -0.140. The Balaban J connectivity index is 2.83. The topological polar surface area (TPSA) is 50.2 Å². The smallest absolute Gasteiger partial charge is 0.320 e. The van der Waals surface area contributed by atoms with E-state index in [-0.39, 0.29) is 0 Å². The first-order valence-corrected chi connectivity index (χ1v) is 6.16. The molecule has 1 aromatic heterocycles. The minimum atomic E-state index is -0.747. The summed E-state index contributed by atoms with van der Waals surface area (Å²) in [6.07, 6.45) is 2.93. The van der Waals surface area contributed by atoms with Crippen LogP contribution in [0.25, 0.3) is 0 Å². The molecule has 5 heteroatoms. The molecule has 0 radical (unpaired) electrons. The third-order valence-electron chi connectivity index (χ3n) is 2.22. The van der Waals surface area contributed by atoms with Crippen LogP contribution in [0.15, 0.2) is 15.9 Å². The summed E-state index contributed by atoms with van der Waals surface area (Å²) >= 11 is 2.85. The van der Waals surface area contributed by atoms with E-state index in [1.54, 1.807) is 6.20 Å². The average Bonchev–Trinajstić information content (AvgIpc) is 2.66. The first-order valence-electron chi connectivity index (χ1n) is 4.46. The lowest BCUT2D eigenvalue weighted by atomic mass is 10.0. The normalized spacial score (nSPS) is 11.6. The Kier molecular flexibility index (Phi) is 3.95. The van der Waals surface area contributed by atoms with Crippen LogP contribution in [0.1, 0.15) is 26.7 Å². The van der Waals surface area contributed by atoms with Gasteiger partial charge in [0.1, 0.15) is 4.75 Å². The maximum absolute atomic E-state index is 11.2. The molecule has 3 nitrogen and oxygen atoms in total. The molecule has 0 aliphatic heterocycles. The van der Waals surface area contributed by atoms with Gasteiger partial charge in [0.05, 0.1) is 0 Å². The van der Waals surface area contributed by atoms with Crippen LogP contribution in [0.3, 0.4) is 0 Å². The lowest BCUT2D eigenvalue weighted by Crippen LogP contribution is -2.33. The summed E-state index contributed by atoms with van der Waals surface area (Å²) in [4.78, 5) is 15.3. The predicted octanol–water partition coefficient (Wildman–Crippen LogP) is 2.88. The highest BCUT2D eigenvalue weighted by Crippen LogP contribution is 2.39. The zero-order valence-corrected chi connectivity index (χ0v) is 9.82. The summed E-state index contributed by atoms with van der Waals surface area (Å²) in [7, 11) is 0. The Morgan fingerprint density at radius 1 is 1.64 bits per heavy atom. The van der Waals surface area contributed by atoms with Crippen molar-refractivity contribution >= 4 is 29.1 Å². The van der Waals surface area contributed by atoms with E-state index >= 15 is 0 Å². The second-order valence-corrected chi connectivity index (χ2v) is 5.43. The molecular formula is C9H13NO2S2. The Bertz CT molecular complexity index is 294. The molecule has 0 aliphatic rings. The van der Waals surface area contributed by atoms with Crippen molar-refractivity contribution in [2.75, 3.05) is 0 Å². The molecule has 78 valence electrons. The van der Waals surface area contributed by atoms with Gasteiger partial charge in [-0.3, -0.25) is 4.79 Å². The van der Waals surface area contributed by atoms with Crippen molar-refractivity contribution in [2.45, 2.75) is 35.8 Å². The summed E-state index contributed by atoms with van der Waals surface area (Å²) in [6.45, 7) is 3.80. The van der Waals surface area contributed by atoms with Crippen molar-refractivity contribution < 1.29 is 9.90 Å². The van der Waals surface area contributed by atoms with Crippen molar-refractivity contribution in [2.24, 2.45) is 0 Å². The number of thioether (sulfide) groups is 1. The fourth-order valence-electron chi connectivity index (χ4n) is 1.17. The molecule has 0 spiro atoms. The molecule has 0 bridgehead atoms. The largest absolute Gasteiger partial charge is 0.480 e. The maximum Gasteiger partial charge on any atom is 0.320 e. The van der Waals surface area contributed by atoms with Gasteiger partial charge in [0.15, 0.2) is 4.34 Å². The number of carbonyl (C=O) groups is 1. The molecule has 0 aromatic carbocycles. The molecule has 0 fully saturated rings. The number of carboxylic acids is 1. The summed E-state index contributed by atoms with van der Waals surface area (Å²) in [5.74, 6) is -0.747. The third kappa shape index (κ3) is 2.27. The van der Waals surface area contributed by atoms with Crippen molar-refractivity contribution in [3.05, 3.63) is 11.6 Å². The third-order valence-corrected chi connectivity index (χ3v) is 4.75. The fourth-order valence-corrected chi connectivity index (χ4v) is 3.19. The molecule has 14 heavy (non-hydrogen) atoms. The van der Waals surface area contributed by atoms with Gasteiger partial charge < -0.3 is 5.11 Å². The number of thiazole rings is 1. The minimum absolute atomic E-state index is 0.614. The summed E-state index contributed by atoms with van der Waals surface area (Å²) in [5, 5.41) is 11.0. The Morgan fingerprint density at radius 2 is 2.29 bits per heavy atom. The van der Waals surface area contributed by atoms with Crippen molar-refractivity contribution in [1.82, 2.24) is 4.98 Å². The van der Waals surface area contributed by atoms with Gasteiger partial charge in [0.25, 0.3) is 0 Å². The van der Waals surface area contributed by atoms with E-state index < -0.39 is 10.7 Å². The fraction of sp³-hybridized carbons (Fsp3) is 0.556. The highest BCUT2D eigenvalue weighted by Gasteiger charge is 2.36. The van der Waals surface area contributed by atoms with Crippen molar-refractivity contribution in [3.63, 3.8) is 0 Å². The number of nitrogens with zero attached hydrogens (tertiary/aromatic N) is 1. The van der Waals surface area contributed by atoms with E-state index in [4.69, 9.17) is 0 Å². The summed E-state index contributed by atoms with van der Waals surface area (Å²) in [6, 6.07) is 0. The number of aliphatic carboxylic acids is 1. The number of hydrogen-bond acceptors (Lipinski definition) is 4. The van der Waals surface area contributed by atoms with Crippen LogP contribution in [-0.2, 0) is 4.79 Å². The molecule has 1 N–H and O–H groups in total. The first kappa shape index (κ1) is 11.5. The molecule has 0 saturated heterocycles. The van der Waals surface area contributed by atoms with Crippen LogP contribution in [0.2, 0.25) is 0 Å². The van der Waals surface area contributed by atoms with Gasteiger partial charge in [-0.25, -0.2) is 4.98 Å². The van der Waals surface area contributed by atoms with Gasteiger partial charge in [-0.2, -0.15) is 0 Å². The molecule has 0 unspecified atom stereocenters. The Labute approximate surface area is 91.6 Å². The molecular weight excluding hydrogens is 218 g/mol.